The van der Waals surface area contributed by atoms with E-state index in [1.807, 2.05) is 30.5 Å². The van der Waals surface area contributed by atoms with Crippen LogP contribution in [0.3, 0.4) is 0 Å². The highest BCUT2D eigenvalue weighted by molar-refractivity contribution is 5.94. The van der Waals surface area contributed by atoms with E-state index in [2.05, 4.69) is 27.1 Å². The Morgan fingerprint density at radius 2 is 2.32 bits per heavy atom. The van der Waals surface area contributed by atoms with Crippen molar-refractivity contribution in [2.75, 3.05) is 18.5 Å². The lowest BCUT2D eigenvalue weighted by molar-refractivity contribution is 0.0963. The normalized spacial score (nSPS) is 10.2. The zero-order chi connectivity index (χ0) is 13.7. The Kier molecular flexibility index (Phi) is 4.18. The van der Waals surface area contributed by atoms with Crippen LogP contribution in [-0.4, -0.2) is 29.5 Å². The summed E-state index contributed by atoms with van der Waals surface area (Å²) in [6.07, 6.45) is 3.48. The molecule has 2 rings (SSSR count). The minimum Gasteiger partial charge on any atom is -0.366 e. The predicted molar refractivity (Wildman–Crippen MR) is 75.1 cm³/mol. The summed E-state index contributed by atoms with van der Waals surface area (Å²) in [5.74, 6) is -0.0700. The highest BCUT2D eigenvalue weighted by Crippen LogP contribution is 2.18. The summed E-state index contributed by atoms with van der Waals surface area (Å²) in [5, 5.41) is 2.64. The summed E-state index contributed by atoms with van der Waals surface area (Å²) in [5.41, 5.74) is 2.74. The minimum atomic E-state index is -0.0700. The Labute approximate surface area is 112 Å². The standard InChI is InChI=1S/C14H18N4O/c1-3-18(9-12-8-16-10-17-12)13-6-4-5-11(7-13)14(19)15-2/h4-8,10H,3,9H2,1-2H3,(H,15,19)(H,16,17). The van der Waals surface area contributed by atoms with Gasteiger partial charge in [-0.3, -0.25) is 4.79 Å². The van der Waals surface area contributed by atoms with Gasteiger partial charge in [0, 0.05) is 31.0 Å². The van der Waals surface area contributed by atoms with E-state index in [0.717, 1.165) is 24.5 Å². The van der Waals surface area contributed by atoms with Crippen molar-refractivity contribution < 1.29 is 4.79 Å². The molecule has 0 fully saturated rings. The summed E-state index contributed by atoms with van der Waals surface area (Å²) >= 11 is 0. The SMILES string of the molecule is CCN(Cc1cnc[nH]1)c1cccc(C(=O)NC)c1. The van der Waals surface area contributed by atoms with Gasteiger partial charge in [0.1, 0.15) is 0 Å². The van der Waals surface area contributed by atoms with Crippen molar-refractivity contribution in [3.63, 3.8) is 0 Å². The second-order valence-electron chi connectivity index (χ2n) is 4.22. The fraction of sp³-hybridized carbons (Fsp3) is 0.286. The maximum Gasteiger partial charge on any atom is 0.251 e. The van der Waals surface area contributed by atoms with Crippen LogP contribution in [0.5, 0.6) is 0 Å². The molecule has 0 aliphatic rings. The molecule has 100 valence electrons. The average Bonchev–Trinajstić information content (AvgIpc) is 2.97. The van der Waals surface area contributed by atoms with Crippen LogP contribution in [0.4, 0.5) is 5.69 Å². The van der Waals surface area contributed by atoms with E-state index >= 15 is 0 Å². The monoisotopic (exact) mass is 258 g/mol. The predicted octanol–water partition coefficient (Wildman–Crippen LogP) is 1.80. The fourth-order valence-corrected chi connectivity index (χ4v) is 1.95. The molecular formula is C14H18N4O. The van der Waals surface area contributed by atoms with E-state index < -0.39 is 0 Å². The first-order valence-corrected chi connectivity index (χ1v) is 6.29. The van der Waals surface area contributed by atoms with Crippen LogP contribution in [0.1, 0.15) is 23.0 Å². The third-order valence-electron chi connectivity index (χ3n) is 3.00. The number of nitrogens with one attached hydrogen (secondary N) is 2. The van der Waals surface area contributed by atoms with E-state index in [1.165, 1.54) is 0 Å². The van der Waals surface area contributed by atoms with Crippen LogP contribution in [0.2, 0.25) is 0 Å². The Balaban J connectivity index is 2.20. The van der Waals surface area contributed by atoms with Crippen molar-refractivity contribution in [2.24, 2.45) is 0 Å². The van der Waals surface area contributed by atoms with E-state index in [9.17, 15) is 4.79 Å². The van der Waals surface area contributed by atoms with Crippen LogP contribution < -0.4 is 10.2 Å². The number of nitrogens with zero attached hydrogens (tertiary/aromatic N) is 2. The van der Waals surface area contributed by atoms with Gasteiger partial charge in [-0.1, -0.05) is 6.07 Å². The van der Waals surface area contributed by atoms with E-state index in [1.54, 1.807) is 13.4 Å². The van der Waals surface area contributed by atoms with Crippen molar-refractivity contribution in [1.82, 2.24) is 15.3 Å². The van der Waals surface area contributed by atoms with Crippen LogP contribution >= 0.6 is 0 Å². The summed E-state index contributed by atoms with van der Waals surface area (Å²) in [6, 6.07) is 7.62. The van der Waals surface area contributed by atoms with E-state index in [-0.39, 0.29) is 5.91 Å². The lowest BCUT2D eigenvalue weighted by Gasteiger charge is -2.22. The molecule has 1 aromatic carbocycles. The van der Waals surface area contributed by atoms with Gasteiger partial charge in [0.2, 0.25) is 0 Å². The topological polar surface area (TPSA) is 61.0 Å². The second-order valence-corrected chi connectivity index (χ2v) is 4.22. The van der Waals surface area contributed by atoms with Gasteiger partial charge in [-0.2, -0.15) is 0 Å². The number of anilines is 1. The number of rotatable bonds is 5. The van der Waals surface area contributed by atoms with Crippen LogP contribution in [0.25, 0.3) is 0 Å². The van der Waals surface area contributed by atoms with Gasteiger partial charge in [0.15, 0.2) is 0 Å². The number of hydrogen-bond acceptors (Lipinski definition) is 3. The largest absolute Gasteiger partial charge is 0.366 e. The molecule has 0 radical (unpaired) electrons. The first-order chi connectivity index (χ1) is 9.24. The first kappa shape index (κ1) is 13.1. The van der Waals surface area contributed by atoms with Crippen molar-refractivity contribution in [2.45, 2.75) is 13.5 Å². The number of aromatic amines is 1. The second kappa shape index (κ2) is 6.04. The molecule has 1 heterocycles. The Bertz CT molecular complexity index is 536. The van der Waals surface area contributed by atoms with Crippen LogP contribution in [-0.2, 0) is 6.54 Å². The molecule has 1 aromatic heterocycles. The number of imidazole rings is 1. The first-order valence-electron chi connectivity index (χ1n) is 6.29. The molecule has 2 aromatic rings. The molecule has 0 bridgehead atoms. The molecule has 0 atom stereocenters. The van der Waals surface area contributed by atoms with Crippen molar-refractivity contribution in [3.05, 3.63) is 48.0 Å². The maximum absolute atomic E-state index is 11.6. The van der Waals surface area contributed by atoms with E-state index in [4.69, 9.17) is 0 Å². The smallest absolute Gasteiger partial charge is 0.251 e. The summed E-state index contributed by atoms with van der Waals surface area (Å²) in [7, 11) is 1.64. The maximum atomic E-state index is 11.6. The minimum absolute atomic E-state index is 0.0700. The molecule has 5 nitrogen and oxygen atoms in total. The molecule has 1 amide bonds. The fourth-order valence-electron chi connectivity index (χ4n) is 1.95. The summed E-state index contributed by atoms with van der Waals surface area (Å²) in [4.78, 5) is 20.9. The van der Waals surface area contributed by atoms with Gasteiger partial charge in [0.05, 0.1) is 18.6 Å². The Morgan fingerprint density at radius 1 is 1.47 bits per heavy atom. The summed E-state index contributed by atoms with van der Waals surface area (Å²) in [6.45, 7) is 3.69. The highest BCUT2D eigenvalue weighted by Gasteiger charge is 2.09. The molecule has 0 aliphatic heterocycles. The quantitative estimate of drug-likeness (QED) is 0.859. The molecule has 5 heteroatoms. The number of H-pyrrole nitrogens is 1. The zero-order valence-electron chi connectivity index (χ0n) is 11.2. The molecule has 0 spiro atoms. The molecule has 0 unspecified atom stereocenters. The van der Waals surface area contributed by atoms with Gasteiger partial charge >= 0.3 is 0 Å². The number of benzene rings is 1. The number of hydrogen-bond donors (Lipinski definition) is 2. The van der Waals surface area contributed by atoms with Crippen LogP contribution in [0.15, 0.2) is 36.8 Å². The molecule has 0 saturated heterocycles. The van der Waals surface area contributed by atoms with Crippen molar-refractivity contribution in [3.8, 4) is 0 Å². The van der Waals surface area contributed by atoms with Gasteiger partial charge in [0.25, 0.3) is 5.91 Å². The number of carbonyl (C=O) groups excluding carboxylic acids is 1. The lowest BCUT2D eigenvalue weighted by Crippen LogP contribution is -2.23. The molecule has 2 N–H and O–H groups in total. The van der Waals surface area contributed by atoms with Gasteiger partial charge < -0.3 is 15.2 Å². The third-order valence-corrected chi connectivity index (χ3v) is 3.00. The van der Waals surface area contributed by atoms with Gasteiger partial charge in [-0.05, 0) is 25.1 Å². The number of amides is 1. The van der Waals surface area contributed by atoms with Crippen LogP contribution in [0, 0.1) is 0 Å². The highest BCUT2D eigenvalue weighted by atomic mass is 16.1. The lowest BCUT2D eigenvalue weighted by atomic mass is 10.1. The van der Waals surface area contributed by atoms with Crippen molar-refractivity contribution >= 4 is 11.6 Å². The zero-order valence-corrected chi connectivity index (χ0v) is 11.2. The average molecular weight is 258 g/mol. The van der Waals surface area contributed by atoms with Gasteiger partial charge in [-0.15, -0.1) is 0 Å². The molecule has 0 aliphatic carbocycles. The third kappa shape index (κ3) is 3.13. The molecule has 0 saturated carbocycles. The molecule has 19 heavy (non-hydrogen) atoms. The summed E-state index contributed by atoms with van der Waals surface area (Å²) < 4.78 is 0. The number of carbonyl (C=O) groups is 1. The van der Waals surface area contributed by atoms with E-state index in [0.29, 0.717) is 5.56 Å². The van der Waals surface area contributed by atoms with Gasteiger partial charge in [-0.25, -0.2) is 4.98 Å². The number of aromatic nitrogens is 2. The molecular weight excluding hydrogens is 240 g/mol. The Hall–Kier alpha value is -2.30. The Morgan fingerprint density at radius 3 is 2.95 bits per heavy atom. The van der Waals surface area contributed by atoms with Crippen molar-refractivity contribution in [1.29, 1.82) is 0 Å².